The fraction of sp³-hybridized carbons (Fsp3) is 0.154. The van der Waals surface area contributed by atoms with Crippen LogP contribution in [0.3, 0.4) is 0 Å². The van der Waals surface area contributed by atoms with Gasteiger partial charge in [-0.15, -0.1) is 11.8 Å². The van der Waals surface area contributed by atoms with Crippen LogP contribution in [-0.4, -0.2) is 16.6 Å². The van der Waals surface area contributed by atoms with Crippen molar-refractivity contribution in [1.82, 2.24) is 0 Å². The molecule has 1 aromatic carbocycles. The maximum atomic E-state index is 11.4. The lowest BCUT2D eigenvalue weighted by atomic mass is 10.2. The Labute approximate surface area is 123 Å². The van der Waals surface area contributed by atoms with Crippen LogP contribution in [0.1, 0.15) is 5.76 Å². The Morgan fingerprint density at radius 3 is 3.00 bits per heavy atom. The van der Waals surface area contributed by atoms with Crippen LogP contribution in [0, 0.1) is 10.1 Å². The summed E-state index contributed by atoms with van der Waals surface area (Å²) >= 11 is 1.49. The molecule has 1 aliphatic rings. The molecule has 0 spiro atoms. The van der Waals surface area contributed by atoms with E-state index in [2.05, 4.69) is 10.6 Å². The Hall–Kier alpha value is -2.48. The highest BCUT2D eigenvalue weighted by molar-refractivity contribution is 8.00. The van der Waals surface area contributed by atoms with Gasteiger partial charge in [0.1, 0.15) is 10.7 Å². The number of carbonyl (C=O) groups is 1. The van der Waals surface area contributed by atoms with Gasteiger partial charge in [0.05, 0.1) is 24.1 Å². The molecule has 0 radical (unpaired) electrons. The number of nitrogens with zero attached hydrogens (tertiary/aromatic N) is 1. The third-order valence-electron chi connectivity index (χ3n) is 2.91. The zero-order valence-corrected chi connectivity index (χ0v) is 11.6. The van der Waals surface area contributed by atoms with Gasteiger partial charge in [0.2, 0.25) is 5.91 Å². The van der Waals surface area contributed by atoms with Crippen molar-refractivity contribution in [3.8, 4) is 0 Å². The fourth-order valence-electron chi connectivity index (χ4n) is 1.94. The van der Waals surface area contributed by atoms with Crippen LogP contribution in [0.5, 0.6) is 0 Å². The number of furan rings is 1. The van der Waals surface area contributed by atoms with Gasteiger partial charge < -0.3 is 15.1 Å². The highest BCUT2D eigenvalue weighted by Gasteiger charge is 2.16. The molecule has 1 aliphatic heterocycles. The molecule has 0 unspecified atom stereocenters. The molecule has 0 bridgehead atoms. The molecule has 0 saturated heterocycles. The van der Waals surface area contributed by atoms with E-state index < -0.39 is 4.92 Å². The quantitative estimate of drug-likeness (QED) is 0.666. The molecular weight excluding hydrogens is 294 g/mol. The van der Waals surface area contributed by atoms with Gasteiger partial charge in [0.25, 0.3) is 0 Å². The lowest BCUT2D eigenvalue weighted by Gasteiger charge is -2.17. The van der Waals surface area contributed by atoms with Gasteiger partial charge >= 0.3 is 5.88 Å². The third-order valence-corrected chi connectivity index (χ3v) is 3.98. The maximum absolute atomic E-state index is 11.4. The van der Waals surface area contributed by atoms with Gasteiger partial charge in [-0.25, -0.2) is 0 Å². The molecule has 1 aromatic heterocycles. The zero-order chi connectivity index (χ0) is 14.8. The lowest BCUT2D eigenvalue weighted by molar-refractivity contribution is -0.402. The van der Waals surface area contributed by atoms with Crippen molar-refractivity contribution in [2.24, 2.45) is 0 Å². The molecule has 0 fully saturated rings. The minimum atomic E-state index is -0.574. The average molecular weight is 305 g/mol. The predicted molar refractivity (Wildman–Crippen MR) is 78.5 cm³/mol. The first kappa shape index (κ1) is 13.5. The maximum Gasteiger partial charge on any atom is 0.433 e. The van der Waals surface area contributed by atoms with E-state index in [9.17, 15) is 14.9 Å². The molecule has 7 nitrogen and oxygen atoms in total. The predicted octanol–water partition coefficient (Wildman–Crippen LogP) is 2.84. The summed E-state index contributed by atoms with van der Waals surface area (Å²) in [5.41, 5.74) is 1.57. The normalized spacial score (nSPS) is 13.4. The number of rotatable bonds is 4. The molecule has 21 heavy (non-hydrogen) atoms. The van der Waals surface area contributed by atoms with Crippen LogP contribution < -0.4 is 10.6 Å². The summed E-state index contributed by atoms with van der Waals surface area (Å²) in [5, 5.41) is 16.4. The molecule has 2 aromatic rings. The molecule has 1 amide bonds. The van der Waals surface area contributed by atoms with E-state index in [0.717, 1.165) is 16.3 Å². The van der Waals surface area contributed by atoms with E-state index in [0.29, 0.717) is 18.1 Å². The summed E-state index contributed by atoms with van der Waals surface area (Å²) < 4.78 is 5.06. The standard InChI is InChI=1S/C13H11N3O4S/c17-12-7-21-11-3-1-8(5-10(11)15-12)14-6-9-2-4-13(20-9)16(18)19/h1-5,14H,6-7H2,(H,15,17). The van der Waals surface area contributed by atoms with Crippen LogP contribution in [0.2, 0.25) is 0 Å². The fourth-order valence-corrected chi connectivity index (χ4v) is 2.73. The Balaban J connectivity index is 1.69. The van der Waals surface area contributed by atoms with E-state index in [-0.39, 0.29) is 11.8 Å². The molecule has 0 saturated carbocycles. The van der Waals surface area contributed by atoms with Crippen molar-refractivity contribution < 1.29 is 14.1 Å². The van der Waals surface area contributed by atoms with E-state index in [1.165, 1.54) is 17.8 Å². The number of carbonyl (C=O) groups excluding carboxylic acids is 1. The summed E-state index contributed by atoms with van der Waals surface area (Å²) in [4.78, 5) is 22.3. The van der Waals surface area contributed by atoms with E-state index >= 15 is 0 Å². The van der Waals surface area contributed by atoms with Crippen LogP contribution in [0.4, 0.5) is 17.3 Å². The number of amides is 1. The van der Waals surface area contributed by atoms with Crippen LogP contribution >= 0.6 is 11.8 Å². The number of hydrogen-bond donors (Lipinski definition) is 2. The zero-order valence-electron chi connectivity index (χ0n) is 10.8. The monoisotopic (exact) mass is 305 g/mol. The minimum Gasteiger partial charge on any atom is -0.404 e. The number of benzene rings is 1. The second kappa shape index (κ2) is 5.49. The van der Waals surface area contributed by atoms with Crippen molar-refractivity contribution in [2.75, 3.05) is 16.4 Å². The van der Waals surface area contributed by atoms with Crippen molar-refractivity contribution in [3.05, 3.63) is 46.2 Å². The SMILES string of the molecule is O=C1CSc2ccc(NCc3ccc([N+](=O)[O-])o3)cc2N1. The van der Waals surface area contributed by atoms with Gasteiger partial charge in [-0.1, -0.05) is 0 Å². The first-order valence-electron chi connectivity index (χ1n) is 6.15. The third kappa shape index (κ3) is 3.00. The van der Waals surface area contributed by atoms with Crippen LogP contribution in [0.25, 0.3) is 0 Å². The van der Waals surface area contributed by atoms with Crippen LogP contribution in [0.15, 0.2) is 39.6 Å². The van der Waals surface area contributed by atoms with E-state index in [1.807, 2.05) is 18.2 Å². The number of hydrogen-bond acceptors (Lipinski definition) is 6. The summed E-state index contributed by atoms with van der Waals surface area (Å²) in [7, 11) is 0. The molecule has 2 heterocycles. The highest BCUT2D eigenvalue weighted by Crippen LogP contribution is 2.33. The molecule has 0 atom stereocenters. The lowest BCUT2D eigenvalue weighted by Crippen LogP contribution is -2.18. The van der Waals surface area contributed by atoms with Crippen molar-refractivity contribution in [3.63, 3.8) is 0 Å². The van der Waals surface area contributed by atoms with Gasteiger partial charge in [-0.05, 0) is 24.3 Å². The van der Waals surface area contributed by atoms with E-state index in [1.54, 1.807) is 6.07 Å². The first-order valence-corrected chi connectivity index (χ1v) is 7.14. The molecule has 2 N–H and O–H groups in total. The van der Waals surface area contributed by atoms with Crippen molar-refractivity contribution in [2.45, 2.75) is 11.4 Å². The second-order valence-electron chi connectivity index (χ2n) is 4.40. The highest BCUT2D eigenvalue weighted by atomic mass is 32.2. The molecule has 0 aliphatic carbocycles. The Bertz CT molecular complexity index is 713. The summed E-state index contributed by atoms with van der Waals surface area (Å²) in [5.74, 6) is 0.598. The van der Waals surface area contributed by atoms with Gasteiger partial charge in [0, 0.05) is 10.6 Å². The Morgan fingerprint density at radius 2 is 2.24 bits per heavy atom. The van der Waals surface area contributed by atoms with Gasteiger partial charge in [-0.3, -0.25) is 14.9 Å². The summed E-state index contributed by atoms with van der Waals surface area (Å²) in [6, 6.07) is 8.52. The summed E-state index contributed by atoms with van der Waals surface area (Å²) in [6.07, 6.45) is 0. The van der Waals surface area contributed by atoms with Crippen molar-refractivity contribution >= 4 is 34.9 Å². The minimum absolute atomic E-state index is 0.0219. The summed E-state index contributed by atoms with van der Waals surface area (Å²) in [6.45, 7) is 0.327. The van der Waals surface area contributed by atoms with Gasteiger partial charge in [-0.2, -0.15) is 0 Å². The number of thioether (sulfide) groups is 1. The molecule has 108 valence electrons. The Kier molecular flexibility index (Phi) is 3.53. The molecule has 3 rings (SSSR count). The Morgan fingerprint density at radius 1 is 1.38 bits per heavy atom. The second-order valence-corrected chi connectivity index (χ2v) is 5.42. The van der Waals surface area contributed by atoms with Crippen LogP contribution in [-0.2, 0) is 11.3 Å². The number of nitro groups is 1. The first-order chi connectivity index (χ1) is 10.1. The number of anilines is 2. The van der Waals surface area contributed by atoms with Gasteiger partial charge in [0.15, 0.2) is 0 Å². The number of nitrogens with one attached hydrogen (secondary N) is 2. The largest absolute Gasteiger partial charge is 0.433 e. The topological polar surface area (TPSA) is 97.4 Å². The molecular formula is C13H11N3O4S. The average Bonchev–Trinajstić information content (AvgIpc) is 2.93. The number of fused-ring (bicyclic) bond motifs is 1. The van der Waals surface area contributed by atoms with Crippen molar-refractivity contribution in [1.29, 1.82) is 0 Å². The molecule has 8 heteroatoms. The smallest absolute Gasteiger partial charge is 0.404 e. The van der Waals surface area contributed by atoms with E-state index in [4.69, 9.17) is 4.42 Å².